The molecule has 0 radical (unpaired) electrons. The van der Waals surface area contributed by atoms with Crippen LogP contribution < -0.4 is 0 Å². The minimum atomic E-state index is -4.17. The second-order valence-corrected chi connectivity index (χ2v) is 14.1. The lowest BCUT2D eigenvalue weighted by Gasteiger charge is -2.58. The monoisotopic (exact) mass is 584 g/mol. The number of fused-ring (bicyclic) bond motifs is 2. The highest BCUT2D eigenvalue weighted by molar-refractivity contribution is 7.86. The number of carbonyl (C=O) groups is 1. The summed E-state index contributed by atoms with van der Waals surface area (Å²) in [4.78, 5) is 13.1. The van der Waals surface area contributed by atoms with Crippen LogP contribution in [0.15, 0.2) is 60.7 Å². The highest BCUT2D eigenvalue weighted by Gasteiger charge is 2.67. The van der Waals surface area contributed by atoms with Crippen molar-refractivity contribution in [2.45, 2.75) is 89.4 Å². The second-order valence-electron chi connectivity index (χ2n) is 12.5. The van der Waals surface area contributed by atoms with Gasteiger partial charge in [-0.3, -0.25) is 8.98 Å². The molecule has 9 nitrogen and oxygen atoms in total. The molecular weight excluding hydrogens is 548 g/mol. The minimum absolute atomic E-state index is 0.0186. The Labute approximate surface area is 240 Å². The number of hydrogen-bond acceptors (Lipinski definition) is 9. The smallest absolute Gasteiger partial charge is 0.272 e. The van der Waals surface area contributed by atoms with Crippen LogP contribution in [-0.4, -0.2) is 63.1 Å². The minimum Gasteiger partial charge on any atom is -0.368 e. The van der Waals surface area contributed by atoms with Gasteiger partial charge in [-0.15, -0.1) is 0 Å². The number of hydrogen-bond donors (Lipinski definition) is 0. The molecule has 10 heteroatoms. The lowest BCUT2D eigenvalue weighted by atomic mass is 9.70. The molecular formula is C31H36O9S. The Morgan fingerprint density at radius 1 is 0.805 bits per heavy atom. The average molecular weight is 585 g/mol. The summed E-state index contributed by atoms with van der Waals surface area (Å²) in [7, 11) is -4.17. The van der Waals surface area contributed by atoms with Gasteiger partial charge in [0.15, 0.2) is 0 Å². The van der Waals surface area contributed by atoms with Crippen LogP contribution in [0.1, 0.15) is 44.2 Å². The van der Waals surface area contributed by atoms with E-state index in [2.05, 4.69) is 0 Å². The average Bonchev–Trinajstić information content (AvgIpc) is 3.29. The molecule has 9 atom stereocenters. The Morgan fingerprint density at radius 3 is 1.78 bits per heavy atom. The van der Waals surface area contributed by atoms with Crippen LogP contribution in [0.5, 0.6) is 0 Å². The third-order valence-electron chi connectivity index (χ3n) is 10.1. The number of ether oxygens (including phenoxy) is 5. The number of benzene rings is 2. The number of Topliss-reactive ketones (excluding diaryl/α,β-unsaturated/α-hetero) is 1. The molecule has 3 aliphatic carbocycles. The van der Waals surface area contributed by atoms with Gasteiger partial charge in [0.1, 0.15) is 42.4 Å². The molecule has 3 heterocycles. The van der Waals surface area contributed by atoms with Gasteiger partial charge in [0, 0.05) is 6.42 Å². The van der Waals surface area contributed by atoms with Crippen molar-refractivity contribution in [3.8, 4) is 0 Å². The van der Waals surface area contributed by atoms with Crippen LogP contribution in [0.3, 0.4) is 0 Å². The molecule has 41 heavy (non-hydrogen) atoms. The van der Waals surface area contributed by atoms with Gasteiger partial charge in [-0.1, -0.05) is 74.5 Å². The fourth-order valence-corrected chi connectivity index (χ4v) is 9.61. The largest absolute Gasteiger partial charge is 0.368 e. The van der Waals surface area contributed by atoms with Gasteiger partial charge in [0.05, 0.1) is 24.4 Å². The lowest BCUT2D eigenvalue weighted by molar-refractivity contribution is -0.484. The van der Waals surface area contributed by atoms with E-state index in [1.165, 1.54) is 0 Å². The molecule has 6 fully saturated rings. The predicted octanol–water partition coefficient (Wildman–Crippen LogP) is 3.75. The Kier molecular flexibility index (Phi) is 6.89. The molecule has 0 spiro atoms. The van der Waals surface area contributed by atoms with Crippen molar-refractivity contribution in [3.63, 3.8) is 0 Å². The van der Waals surface area contributed by atoms with E-state index < -0.39 is 64.0 Å². The maximum Gasteiger partial charge on any atom is 0.272 e. The molecule has 6 bridgehead atoms. The van der Waals surface area contributed by atoms with Gasteiger partial charge >= 0.3 is 0 Å². The first kappa shape index (κ1) is 27.6. The van der Waals surface area contributed by atoms with Crippen molar-refractivity contribution >= 4 is 15.9 Å². The SMILES string of the molecule is CC1(C)[C@@H]2CC[C@@]1(CS(=O)(=O)OC1[C@H]3OC4OC([C@H]3OCc3ccccc3)[C@@H](OCc3ccccc3)[C@H]1O4)C(=O)C2. The fourth-order valence-electron chi connectivity index (χ4n) is 7.70. The maximum atomic E-state index is 13.8. The number of rotatable bonds is 10. The van der Waals surface area contributed by atoms with Gasteiger partial charge in [0.2, 0.25) is 0 Å². The van der Waals surface area contributed by atoms with Crippen molar-refractivity contribution in [1.82, 2.24) is 0 Å². The summed E-state index contributed by atoms with van der Waals surface area (Å²) < 4.78 is 64.3. The van der Waals surface area contributed by atoms with E-state index in [0.29, 0.717) is 12.8 Å². The van der Waals surface area contributed by atoms with E-state index >= 15 is 0 Å². The maximum absolute atomic E-state index is 13.8. The zero-order valence-electron chi connectivity index (χ0n) is 23.2. The van der Waals surface area contributed by atoms with Crippen molar-refractivity contribution in [1.29, 1.82) is 0 Å². The summed E-state index contributed by atoms with van der Waals surface area (Å²) in [6.45, 7) is 3.62. The molecule has 220 valence electrons. The van der Waals surface area contributed by atoms with Crippen molar-refractivity contribution in [2.24, 2.45) is 16.7 Å². The van der Waals surface area contributed by atoms with E-state index in [9.17, 15) is 13.2 Å². The summed E-state index contributed by atoms with van der Waals surface area (Å²) in [6.07, 6.45) is -2.57. The number of ketones is 1. The summed E-state index contributed by atoms with van der Waals surface area (Å²) in [6, 6.07) is 19.4. The Balaban J connectivity index is 1.16. The van der Waals surface area contributed by atoms with Crippen LogP contribution in [0.25, 0.3) is 0 Å². The summed E-state index contributed by atoms with van der Waals surface area (Å²) in [5.41, 5.74) is 0.566. The Bertz CT molecular complexity index is 1320. The molecule has 3 unspecified atom stereocenters. The Hall–Kier alpha value is -2.18. The van der Waals surface area contributed by atoms with Crippen LogP contribution >= 0.6 is 0 Å². The van der Waals surface area contributed by atoms with Gasteiger partial charge in [-0.2, -0.15) is 8.42 Å². The standard InChI is InChI=1S/C31H36O9S/c1-30(2)21-13-14-31(30,22(32)15-21)18-41(33,34)40-28-26-23(35-16-19-9-5-3-6-10-19)25-24(27(28)39-29(37-25)38-26)36-17-20-11-7-4-8-12-20/h3-12,21,23-29H,13-18H2,1-2H3/t21-,23-,24-,25?,26-,27+,28?,29?,31-/m1/s1. The number of carbonyl (C=O) groups excluding carboxylic acids is 1. The van der Waals surface area contributed by atoms with Gasteiger partial charge in [-0.25, -0.2) is 0 Å². The molecule has 0 aromatic heterocycles. The van der Waals surface area contributed by atoms with Crippen LogP contribution in [0.4, 0.5) is 0 Å². The fraction of sp³-hybridized carbons (Fsp3) is 0.581. The molecule has 0 N–H and O–H groups in total. The van der Waals surface area contributed by atoms with E-state index in [-0.39, 0.29) is 30.7 Å². The van der Waals surface area contributed by atoms with E-state index in [0.717, 1.165) is 17.5 Å². The van der Waals surface area contributed by atoms with E-state index in [1.807, 2.05) is 74.5 Å². The summed E-state index contributed by atoms with van der Waals surface area (Å²) in [5.74, 6) is -0.140. The third-order valence-corrected chi connectivity index (χ3v) is 11.5. The molecule has 3 saturated carbocycles. The summed E-state index contributed by atoms with van der Waals surface area (Å²) in [5, 5.41) is 0. The van der Waals surface area contributed by atoms with Crippen molar-refractivity contribution < 1.29 is 41.1 Å². The topological polar surface area (TPSA) is 107 Å². The van der Waals surface area contributed by atoms with Gasteiger partial charge in [-0.05, 0) is 35.3 Å². The highest BCUT2D eigenvalue weighted by atomic mass is 32.2. The van der Waals surface area contributed by atoms with E-state index in [4.69, 9.17) is 27.9 Å². The lowest BCUT2D eigenvalue weighted by Crippen LogP contribution is -2.76. The predicted molar refractivity (Wildman–Crippen MR) is 146 cm³/mol. The molecule has 0 amide bonds. The van der Waals surface area contributed by atoms with Crippen molar-refractivity contribution in [3.05, 3.63) is 71.8 Å². The second kappa shape index (κ2) is 10.2. The molecule has 8 rings (SSSR count). The zero-order valence-corrected chi connectivity index (χ0v) is 24.0. The first-order valence-corrected chi connectivity index (χ1v) is 16.0. The Morgan fingerprint density at radius 2 is 1.32 bits per heavy atom. The summed E-state index contributed by atoms with van der Waals surface area (Å²) >= 11 is 0. The molecule has 2 aromatic rings. The van der Waals surface area contributed by atoms with Crippen LogP contribution in [-0.2, 0) is 56.0 Å². The van der Waals surface area contributed by atoms with Gasteiger partial charge < -0.3 is 23.7 Å². The molecule has 2 aromatic carbocycles. The first-order valence-electron chi connectivity index (χ1n) is 14.4. The quantitative estimate of drug-likeness (QED) is 0.386. The van der Waals surface area contributed by atoms with E-state index in [1.54, 1.807) is 0 Å². The van der Waals surface area contributed by atoms with Gasteiger partial charge in [0.25, 0.3) is 16.6 Å². The molecule has 3 saturated heterocycles. The van der Waals surface area contributed by atoms with Crippen LogP contribution in [0, 0.1) is 16.7 Å². The molecule has 6 aliphatic rings. The third kappa shape index (κ3) is 4.68. The zero-order chi connectivity index (χ0) is 28.4. The van der Waals surface area contributed by atoms with Crippen molar-refractivity contribution in [2.75, 3.05) is 5.75 Å². The first-order chi connectivity index (χ1) is 19.7. The highest BCUT2D eigenvalue weighted by Crippen LogP contribution is 2.64. The normalized spacial score (nSPS) is 38.5. The molecule has 3 aliphatic heterocycles. The van der Waals surface area contributed by atoms with Crippen LogP contribution in [0.2, 0.25) is 0 Å².